The van der Waals surface area contributed by atoms with Gasteiger partial charge in [-0.05, 0) is 55.8 Å². The highest BCUT2D eigenvalue weighted by atomic mass is 35.5. The summed E-state index contributed by atoms with van der Waals surface area (Å²) in [6.07, 6.45) is 3.21. The molecule has 0 aliphatic carbocycles. The van der Waals surface area contributed by atoms with E-state index in [2.05, 4.69) is 10.5 Å². The fraction of sp³-hybridized carbons (Fsp3) is 0.190. The summed E-state index contributed by atoms with van der Waals surface area (Å²) in [5, 5.41) is 4.56. The van der Waals surface area contributed by atoms with E-state index in [0.717, 1.165) is 11.1 Å². The lowest BCUT2D eigenvalue weighted by atomic mass is 10.2. The van der Waals surface area contributed by atoms with Gasteiger partial charge in [0.05, 0.1) is 24.1 Å². The van der Waals surface area contributed by atoms with Crippen molar-refractivity contribution in [1.29, 1.82) is 0 Å². The second-order valence-corrected chi connectivity index (χ2v) is 6.59. The SMILES string of the molecule is CCOC(=O)c1cc2ccccn2c1/C=N/NC(=O)COc1ccc(Cl)cc1C. The highest BCUT2D eigenvalue weighted by Crippen LogP contribution is 2.21. The second kappa shape index (κ2) is 9.25. The molecule has 0 saturated heterocycles. The monoisotopic (exact) mass is 413 g/mol. The predicted molar refractivity (Wildman–Crippen MR) is 111 cm³/mol. The zero-order chi connectivity index (χ0) is 20.8. The van der Waals surface area contributed by atoms with Crippen molar-refractivity contribution in [1.82, 2.24) is 9.83 Å². The van der Waals surface area contributed by atoms with Crippen LogP contribution < -0.4 is 10.2 Å². The predicted octanol–water partition coefficient (Wildman–Crippen LogP) is 3.61. The van der Waals surface area contributed by atoms with Gasteiger partial charge in [-0.1, -0.05) is 17.7 Å². The van der Waals surface area contributed by atoms with E-state index in [9.17, 15) is 9.59 Å². The molecule has 0 radical (unpaired) electrons. The number of amides is 1. The summed E-state index contributed by atoms with van der Waals surface area (Å²) in [5.74, 6) is -0.324. The molecule has 2 heterocycles. The zero-order valence-electron chi connectivity index (χ0n) is 16.0. The summed E-state index contributed by atoms with van der Waals surface area (Å²) in [4.78, 5) is 24.3. The van der Waals surface area contributed by atoms with E-state index in [1.807, 2.05) is 25.1 Å². The van der Waals surface area contributed by atoms with Crippen molar-refractivity contribution in [3.8, 4) is 5.75 Å². The van der Waals surface area contributed by atoms with E-state index in [4.69, 9.17) is 21.1 Å². The summed E-state index contributed by atoms with van der Waals surface area (Å²) < 4.78 is 12.4. The first kappa shape index (κ1) is 20.4. The molecule has 1 aromatic carbocycles. The topological polar surface area (TPSA) is 81.4 Å². The van der Waals surface area contributed by atoms with Gasteiger partial charge >= 0.3 is 5.97 Å². The normalized spacial score (nSPS) is 11.0. The standard InChI is InChI=1S/C21H20ClN3O4/c1-3-28-21(27)17-11-16-6-4-5-9-25(16)18(17)12-23-24-20(26)13-29-19-8-7-15(22)10-14(19)2/h4-12H,3,13H2,1-2H3,(H,24,26)/b23-12+. The number of hydrazone groups is 1. The average molecular weight is 414 g/mol. The van der Waals surface area contributed by atoms with Crippen LogP contribution in [0, 0.1) is 6.92 Å². The molecule has 0 bridgehead atoms. The van der Waals surface area contributed by atoms with Gasteiger partial charge in [-0.25, -0.2) is 10.2 Å². The Morgan fingerprint density at radius 3 is 2.83 bits per heavy atom. The lowest BCUT2D eigenvalue weighted by Gasteiger charge is -2.08. The molecule has 0 saturated carbocycles. The third kappa shape index (κ3) is 4.94. The fourth-order valence-electron chi connectivity index (χ4n) is 2.76. The summed E-state index contributed by atoms with van der Waals surface area (Å²) in [7, 11) is 0. The van der Waals surface area contributed by atoms with Gasteiger partial charge in [0.15, 0.2) is 6.61 Å². The molecule has 3 aromatic rings. The maximum Gasteiger partial charge on any atom is 0.340 e. The Morgan fingerprint density at radius 1 is 1.24 bits per heavy atom. The molecule has 0 aliphatic rings. The number of carbonyl (C=O) groups excluding carboxylic acids is 2. The number of carbonyl (C=O) groups is 2. The number of aromatic nitrogens is 1. The Balaban J connectivity index is 1.69. The molecular formula is C21H20ClN3O4. The maximum atomic E-state index is 12.2. The second-order valence-electron chi connectivity index (χ2n) is 6.15. The number of benzene rings is 1. The quantitative estimate of drug-likeness (QED) is 0.364. The molecule has 8 heteroatoms. The highest BCUT2D eigenvalue weighted by Gasteiger charge is 2.16. The van der Waals surface area contributed by atoms with Crippen LogP contribution in [0.25, 0.3) is 5.52 Å². The molecule has 1 N–H and O–H groups in total. The molecule has 1 amide bonds. The smallest absolute Gasteiger partial charge is 0.340 e. The van der Waals surface area contributed by atoms with E-state index in [0.29, 0.717) is 22.0 Å². The molecule has 29 heavy (non-hydrogen) atoms. The van der Waals surface area contributed by atoms with E-state index in [-0.39, 0.29) is 13.2 Å². The summed E-state index contributed by atoms with van der Waals surface area (Å²) in [6, 6.07) is 12.4. The lowest BCUT2D eigenvalue weighted by molar-refractivity contribution is -0.123. The van der Waals surface area contributed by atoms with Crippen LogP contribution in [0.4, 0.5) is 0 Å². The first-order chi connectivity index (χ1) is 14.0. The summed E-state index contributed by atoms with van der Waals surface area (Å²) >= 11 is 5.90. The van der Waals surface area contributed by atoms with Crippen molar-refractivity contribution < 1.29 is 19.1 Å². The van der Waals surface area contributed by atoms with Gasteiger partial charge in [0.2, 0.25) is 0 Å². The summed E-state index contributed by atoms with van der Waals surface area (Å²) in [5.41, 5.74) is 4.91. The van der Waals surface area contributed by atoms with Crippen molar-refractivity contribution >= 4 is 35.2 Å². The van der Waals surface area contributed by atoms with Crippen molar-refractivity contribution in [2.75, 3.05) is 13.2 Å². The van der Waals surface area contributed by atoms with Crippen LogP contribution in [0.3, 0.4) is 0 Å². The minimum absolute atomic E-state index is 0.209. The van der Waals surface area contributed by atoms with E-state index >= 15 is 0 Å². The Labute approximate surface area is 172 Å². The number of pyridine rings is 1. The van der Waals surface area contributed by atoms with Crippen LogP contribution in [0.5, 0.6) is 5.75 Å². The molecule has 2 aromatic heterocycles. The number of aryl methyl sites for hydroxylation is 1. The number of halogens is 1. The van der Waals surface area contributed by atoms with Crippen molar-refractivity contribution in [3.05, 3.63) is 70.5 Å². The van der Waals surface area contributed by atoms with Crippen LogP contribution in [0.1, 0.15) is 28.5 Å². The average Bonchev–Trinajstić information content (AvgIpc) is 3.06. The van der Waals surface area contributed by atoms with Crippen LogP contribution in [0.2, 0.25) is 5.02 Å². The molecule has 3 rings (SSSR count). The Hall–Kier alpha value is -3.32. The van der Waals surface area contributed by atoms with Crippen LogP contribution in [-0.2, 0) is 9.53 Å². The molecule has 0 unspecified atom stereocenters. The fourth-order valence-corrected chi connectivity index (χ4v) is 2.99. The molecular weight excluding hydrogens is 394 g/mol. The van der Waals surface area contributed by atoms with Crippen LogP contribution in [-0.4, -0.2) is 35.7 Å². The number of esters is 1. The van der Waals surface area contributed by atoms with E-state index < -0.39 is 11.9 Å². The van der Waals surface area contributed by atoms with Gasteiger partial charge in [0.25, 0.3) is 5.91 Å². The van der Waals surface area contributed by atoms with Crippen LogP contribution in [0.15, 0.2) is 53.8 Å². The van der Waals surface area contributed by atoms with Crippen LogP contribution >= 0.6 is 11.6 Å². The van der Waals surface area contributed by atoms with Gasteiger partial charge in [0.1, 0.15) is 5.75 Å². The highest BCUT2D eigenvalue weighted by molar-refractivity contribution is 6.30. The maximum absolute atomic E-state index is 12.2. The minimum atomic E-state index is -0.453. The minimum Gasteiger partial charge on any atom is -0.483 e. The van der Waals surface area contributed by atoms with Crippen molar-refractivity contribution in [2.45, 2.75) is 13.8 Å². The number of hydrogen-bond donors (Lipinski definition) is 1. The summed E-state index contributed by atoms with van der Waals surface area (Å²) in [6.45, 7) is 3.63. The van der Waals surface area contributed by atoms with Gasteiger partial charge in [-0.15, -0.1) is 0 Å². The molecule has 150 valence electrons. The third-order valence-corrected chi connectivity index (χ3v) is 4.32. The Bertz CT molecular complexity index is 1070. The molecule has 0 spiro atoms. The molecule has 0 aliphatic heterocycles. The van der Waals surface area contributed by atoms with Crippen molar-refractivity contribution in [2.24, 2.45) is 5.10 Å². The van der Waals surface area contributed by atoms with Gasteiger partial charge in [0, 0.05) is 16.7 Å². The largest absolute Gasteiger partial charge is 0.483 e. The van der Waals surface area contributed by atoms with Crippen molar-refractivity contribution in [3.63, 3.8) is 0 Å². The number of hydrogen-bond acceptors (Lipinski definition) is 5. The Morgan fingerprint density at radius 2 is 2.07 bits per heavy atom. The van der Waals surface area contributed by atoms with E-state index in [1.165, 1.54) is 6.21 Å². The first-order valence-corrected chi connectivity index (χ1v) is 9.35. The Kier molecular flexibility index (Phi) is 6.51. The van der Waals surface area contributed by atoms with Gasteiger partial charge in [-0.3, -0.25) is 4.79 Å². The number of fused-ring (bicyclic) bond motifs is 1. The number of nitrogens with one attached hydrogen (secondary N) is 1. The third-order valence-electron chi connectivity index (χ3n) is 4.09. The number of rotatable bonds is 7. The van der Waals surface area contributed by atoms with E-state index in [1.54, 1.807) is 41.8 Å². The first-order valence-electron chi connectivity index (χ1n) is 8.97. The number of ether oxygens (including phenoxy) is 2. The zero-order valence-corrected chi connectivity index (χ0v) is 16.8. The molecule has 7 nitrogen and oxygen atoms in total. The lowest BCUT2D eigenvalue weighted by Crippen LogP contribution is -2.25. The van der Waals surface area contributed by atoms with Gasteiger partial charge < -0.3 is 13.9 Å². The van der Waals surface area contributed by atoms with Gasteiger partial charge in [-0.2, -0.15) is 5.10 Å². The number of nitrogens with zero attached hydrogens (tertiary/aromatic N) is 2. The molecule has 0 atom stereocenters. The molecule has 0 fully saturated rings.